The molecule has 2 fully saturated rings. The molecule has 0 N–H and O–H groups in total. The molecule has 5 nitrogen and oxygen atoms in total. The van der Waals surface area contributed by atoms with Gasteiger partial charge in [0.2, 0.25) is 0 Å². The highest BCUT2D eigenvalue weighted by atomic mass is 19.1. The number of alkyl halides is 1. The molecule has 2 heterocycles. The Morgan fingerprint density at radius 3 is 2.76 bits per heavy atom. The number of hydrogen-bond donors (Lipinski definition) is 0. The number of amides is 1. The summed E-state index contributed by atoms with van der Waals surface area (Å²) in [7, 11) is 0. The van der Waals surface area contributed by atoms with E-state index in [9.17, 15) is 9.18 Å². The van der Waals surface area contributed by atoms with Crippen LogP contribution in [0.25, 0.3) is 0 Å². The molecule has 3 aliphatic rings. The maximum atomic E-state index is 14.6. The van der Waals surface area contributed by atoms with Gasteiger partial charge in [0, 0.05) is 37.3 Å². The molecule has 0 aromatic carbocycles. The predicted molar refractivity (Wildman–Crippen MR) is 91.7 cm³/mol. The third-order valence-corrected chi connectivity index (χ3v) is 5.72. The third kappa shape index (κ3) is 3.33. The van der Waals surface area contributed by atoms with Crippen LogP contribution in [0.5, 0.6) is 0 Å². The molecule has 138 valence electrons. The van der Waals surface area contributed by atoms with Gasteiger partial charge in [-0.1, -0.05) is 0 Å². The van der Waals surface area contributed by atoms with Gasteiger partial charge in [-0.2, -0.15) is 5.10 Å². The van der Waals surface area contributed by atoms with Crippen molar-refractivity contribution in [1.82, 2.24) is 14.7 Å². The van der Waals surface area contributed by atoms with Gasteiger partial charge in [-0.3, -0.25) is 9.48 Å². The molecule has 4 rings (SSSR count). The quantitative estimate of drug-likeness (QED) is 0.793. The number of ether oxygens (including phenoxy) is 1. The summed E-state index contributed by atoms with van der Waals surface area (Å²) in [5.74, 6) is 0.418. The molecule has 0 atom stereocenters. The molecule has 2 aliphatic carbocycles. The van der Waals surface area contributed by atoms with E-state index >= 15 is 0 Å². The zero-order valence-electron chi connectivity index (χ0n) is 15.3. The summed E-state index contributed by atoms with van der Waals surface area (Å²) in [6.45, 7) is 6.50. The fraction of sp³-hybridized carbons (Fsp3) is 0.789. The molecule has 0 spiro atoms. The molecule has 1 amide bonds. The number of rotatable bonds is 6. The highest BCUT2D eigenvalue weighted by molar-refractivity contribution is 5.86. The van der Waals surface area contributed by atoms with Crippen LogP contribution in [0, 0.1) is 5.92 Å². The Morgan fingerprint density at radius 2 is 2.16 bits per heavy atom. The zero-order valence-corrected chi connectivity index (χ0v) is 15.3. The Morgan fingerprint density at radius 1 is 1.40 bits per heavy atom. The fourth-order valence-corrected chi connectivity index (χ4v) is 3.78. The Bertz CT molecular complexity index is 662. The molecule has 25 heavy (non-hydrogen) atoms. The fourth-order valence-electron chi connectivity index (χ4n) is 3.78. The lowest BCUT2D eigenvalue weighted by Crippen LogP contribution is -2.51. The van der Waals surface area contributed by atoms with Crippen molar-refractivity contribution in [2.75, 3.05) is 6.54 Å². The van der Waals surface area contributed by atoms with Crippen molar-refractivity contribution < 1.29 is 13.9 Å². The van der Waals surface area contributed by atoms with E-state index in [1.54, 1.807) is 4.90 Å². The molecule has 1 aromatic heterocycles. The van der Waals surface area contributed by atoms with E-state index in [1.165, 1.54) is 18.5 Å². The van der Waals surface area contributed by atoms with Crippen LogP contribution in [-0.2, 0) is 35.6 Å². The minimum atomic E-state index is -1.61. The van der Waals surface area contributed by atoms with Crippen LogP contribution < -0.4 is 0 Å². The van der Waals surface area contributed by atoms with Crippen LogP contribution in [0.1, 0.15) is 62.9 Å². The first-order chi connectivity index (χ1) is 12.0. The Balaban J connectivity index is 1.55. The number of carbonyl (C=O) groups excluding carboxylic acids is 1. The van der Waals surface area contributed by atoms with Crippen molar-refractivity contribution in [2.24, 2.45) is 5.92 Å². The van der Waals surface area contributed by atoms with Crippen LogP contribution >= 0.6 is 0 Å². The van der Waals surface area contributed by atoms with Crippen molar-refractivity contribution in [1.29, 1.82) is 0 Å². The van der Waals surface area contributed by atoms with Crippen LogP contribution in [0.4, 0.5) is 4.39 Å². The molecule has 2 saturated carbocycles. The first kappa shape index (κ1) is 17.0. The second-order valence-electron chi connectivity index (χ2n) is 8.15. The van der Waals surface area contributed by atoms with Crippen molar-refractivity contribution >= 4 is 5.91 Å². The van der Waals surface area contributed by atoms with Crippen molar-refractivity contribution in [3.05, 3.63) is 17.0 Å². The number of halogens is 1. The van der Waals surface area contributed by atoms with Crippen LogP contribution in [-0.4, -0.2) is 38.9 Å². The highest BCUT2D eigenvalue weighted by Crippen LogP contribution is 2.39. The van der Waals surface area contributed by atoms with E-state index < -0.39 is 5.67 Å². The smallest absolute Gasteiger partial charge is 0.260 e. The van der Waals surface area contributed by atoms with Gasteiger partial charge in [-0.15, -0.1) is 0 Å². The Hall–Kier alpha value is -1.43. The van der Waals surface area contributed by atoms with E-state index in [4.69, 9.17) is 9.84 Å². The number of carbonyl (C=O) groups is 1. The molecular formula is C19H28FN3O2. The summed E-state index contributed by atoms with van der Waals surface area (Å²) < 4.78 is 22.5. The summed E-state index contributed by atoms with van der Waals surface area (Å²) in [5, 5.41) is 4.79. The standard InChI is InChI=1S/C19H28FN3O2/c1-13(2)25-12-16-15-11-22(18(24)19(20)7-3-8-19)9-6-17(15)23(21-16)10-14-4-5-14/h13-14H,3-12H2,1-2H3. The molecule has 0 radical (unpaired) electrons. The maximum Gasteiger partial charge on any atom is 0.260 e. The SMILES string of the molecule is CC(C)OCc1nn(CC2CC2)c2c1CN(C(=O)C1(F)CCC1)CC2. The number of aromatic nitrogens is 2. The second-order valence-corrected chi connectivity index (χ2v) is 8.15. The van der Waals surface area contributed by atoms with Gasteiger partial charge in [0.15, 0.2) is 5.67 Å². The lowest BCUT2D eigenvalue weighted by molar-refractivity contribution is -0.151. The third-order valence-electron chi connectivity index (χ3n) is 5.72. The molecular weight excluding hydrogens is 321 g/mol. The largest absolute Gasteiger partial charge is 0.372 e. The lowest BCUT2D eigenvalue weighted by atomic mass is 9.80. The second kappa shape index (κ2) is 6.38. The van der Waals surface area contributed by atoms with E-state index in [1.807, 2.05) is 13.8 Å². The van der Waals surface area contributed by atoms with Crippen molar-refractivity contribution in [3.8, 4) is 0 Å². The summed E-state index contributed by atoms with van der Waals surface area (Å²) >= 11 is 0. The van der Waals surface area contributed by atoms with Crippen molar-refractivity contribution in [3.63, 3.8) is 0 Å². The minimum absolute atomic E-state index is 0.134. The average molecular weight is 349 g/mol. The van der Waals surface area contributed by atoms with Crippen LogP contribution in [0.3, 0.4) is 0 Å². The minimum Gasteiger partial charge on any atom is -0.372 e. The lowest BCUT2D eigenvalue weighted by Gasteiger charge is -2.38. The van der Waals surface area contributed by atoms with Gasteiger partial charge >= 0.3 is 0 Å². The molecule has 1 aliphatic heterocycles. The summed E-state index contributed by atoms with van der Waals surface area (Å²) in [6.07, 6.45) is 5.02. The van der Waals surface area contributed by atoms with Gasteiger partial charge in [0.25, 0.3) is 5.91 Å². The van der Waals surface area contributed by atoms with E-state index in [-0.39, 0.29) is 12.0 Å². The van der Waals surface area contributed by atoms with Gasteiger partial charge < -0.3 is 9.64 Å². The summed E-state index contributed by atoms with van der Waals surface area (Å²) in [4.78, 5) is 14.3. The molecule has 0 bridgehead atoms. The number of nitrogens with zero attached hydrogens (tertiary/aromatic N) is 3. The van der Waals surface area contributed by atoms with E-state index in [0.29, 0.717) is 32.5 Å². The topological polar surface area (TPSA) is 47.4 Å². The number of fused-ring (bicyclic) bond motifs is 1. The normalized spacial score (nSPS) is 22.0. The number of hydrogen-bond acceptors (Lipinski definition) is 3. The average Bonchev–Trinajstić information content (AvgIpc) is 3.31. The molecule has 0 saturated heterocycles. The highest BCUT2D eigenvalue weighted by Gasteiger charge is 2.47. The predicted octanol–water partition coefficient (Wildman–Crippen LogP) is 3.00. The van der Waals surface area contributed by atoms with E-state index in [0.717, 1.165) is 36.6 Å². The molecule has 0 unspecified atom stereocenters. The van der Waals surface area contributed by atoms with E-state index in [2.05, 4.69) is 4.68 Å². The van der Waals surface area contributed by atoms with Gasteiger partial charge in [0.1, 0.15) is 0 Å². The van der Waals surface area contributed by atoms with Gasteiger partial charge in [-0.25, -0.2) is 4.39 Å². The van der Waals surface area contributed by atoms with Crippen LogP contribution in [0.15, 0.2) is 0 Å². The summed E-state index contributed by atoms with van der Waals surface area (Å²) in [5.41, 5.74) is 1.61. The first-order valence-electron chi connectivity index (χ1n) is 9.63. The van der Waals surface area contributed by atoms with Crippen molar-refractivity contribution in [2.45, 2.75) is 83.8 Å². The molecule has 6 heteroatoms. The Kier molecular flexibility index (Phi) is 4.34. The Labute approximate surface area is 148 Å². The maximum absolute atomic E-state index is 14.6. The zero-order chi connectivity index (χ0) is 17.6. The monoisotopic (exact) mass is 349 g/mol. The van der Waals surface area contributed by atoms with Crippen LogP contribution in [0.2, 0.25) is 0 Å². The molecule has 1 aromatic rings. The summed E-state index contributed by atoms with van der Waals surface area (Å²) in [6, 6.07) is 0. The van der Waals surface area contributed by atoms with Gasteiger partial charge in [-0.05, 0) is 51.9 Å². The van der Waals surface area contributed by atoms with Gasteiger partial charge in [0.05, 0.1) is 18.4 Å². The first-order valence-corrected chi connectivity index (χ1v) is 9.63.